The number of carbonyl (C=O) groups excluding carboxylic acids is 1. The Kier molecular flexibility index (Phi) is 15.1. The second-order valence-electron chi connectivity index (χ2n) is 17.6. The van der Waals surface area contributed by atoms with E-state index in [1.165, 1.54) is 18.4 Å². The molecule has 0 unspecified atom stereocenters. The summed E-state index contributed by atoms with van der Waals surface area (Å²) in [4.78, 5) is 11.8. The fourth-order valence-electron chi connectivity index (χ4n) is 6.53. The first-order chi connectivity index (χ1) is 20.7. The molecule has 6 heteroatoms. The molecule has 0 spiro atoms. The van der Waals surface area contributed by atoms with Crippen molar-refractivity contribution in [3.8, 4) is 0 Å². The Morgan fingerprint density at radius 3 is 2.20 bits per heavy atom. The van der Waals surface area contributed by atoms with E-state index >= 15 is 0 Å². The number of carbonyl (C=O) groups is 1. The van der Waals surface area contributed by atoms with Crippen LogP contribution < -0.4 is 0 Å². The molecule has 6 atom stereocenters. The van der Waals surface area contributed by atoms with Crippen molar-refractivity contribution in [1.29, 1.82) is 0 Å². The predicted molar refractivity (Wildman–Crippen MR) is 199 cm³/mol. The Bertz CT molecular complexity index is 1020. The van der Waals surface area contributed by atoms with Crippen LogP contribution >= 0.6 is 0 Å². The maximum Gasteiger partial charge on any atom is 0.305 e. The van der Waals surface area contributed by atoms with Crippen LogP contribution in [0.2, 0.25) is 36.3 Å². The SMILES string of the molecule is CCOC(=O)CCC/C=C1\C[C@H]2C[C@@H](O[Si](C)(C)C(C)(C)C)[C@@H](C=C[C@H](C[C@H](C)CCC=C(C)C)O[Si](C)(C)C(C)(C)C)[C@H]2C1. The maximum absolute atomic E-state index is 11.8. The van der Waals surface area contributed by atoms with Gasteiger partial charge in [-0.15, -0.1) is 0 Å². The van der Waals surface area contributed by atoms with Gasteiger partial charge in [0, 0.05) is 12.3 Å². The van der Waals surface area contributed by atoms with Crippen LogP contribution in [0.15, 0.2) is 35.5 Å². The van der Waals surface area contributed by atoms with Crippen LogP contribution in [0.3, 0.4) is 0 Å². The molecule has 0 saturated heterocycles. The smallest absolute Gasteiger partial charge is 0.305 e. The summed E-state index contributed by atoms with van der Waals surface area (Å²) in [5.41, 5.74) is 2.99. The Morgan fingerprint density at radius 1 is 0.978 bits per heavy atom. The van der Waals surface area contributed by atoms with Crippen LogP contribution in [-0.2, 0) is 18.4 Å². The van der Waals surface area contributed by atoms with Crippen LogP contribution in [-0.4, -0.2) is 41.4 Å². The number of unbranched alkanes of at least 4 members (excludes halogenated alkanes) is 1. The highest BCUT2D eigenvalue weighted by molar-refractivity contribution is 6.74. The van der Waals surface area contributed by atoms with Crippen molar-refractivity contribution in [3.05, 3.63) is 35.5 Å². The van der Waals surface area contributed by atoms with Crippen molar-refractivity contribution >= 4 is 22.6 Å². The number of esters is 1. The summed E-state index contributed by atoms with van der Waals surface area (Å²) in [6.45, 7) is 32.9. The molecule has 0 radical (unpaired) electrons. The van der Waals surface area contributed by atoms with Gasteiger partial charge in [0.1, 0.15) is 0 Å². The number of hydrogen-bond acceptors (Lipinski definition) is 4. The van der Waals surface area contributed by atoms with Gasteiger partial charge in [-0.1, -0.05) is 83.9 Å². The highest BCUT2D eigenvalue weighted by Gasteiger charge is 2.50. The molecular weight excluding hydrogens is 589 g/mol. The molecule has 0 aromatic rings. The first kappa shape index (κ1) is 40.2. The molecule has 2 aliphatic carbocycles. The van der Waals surface area contributed by atoms with Gasteiger partial charge in [0.2, 0.25) is 0 Å². The number of allylic oxidation sites excluding steroid dienone is 4. The van der Waals surface area contributed by atoms with Gasteiger partial charge >= 0.3 is 5.97 Å². The van der Waals surface area contributed by atoms with E-state index in [4.69, 9.17) is 13.6 Å². The minimum atomic E-state index is -1.94. The number of hydrogen-bond donors (Lipinski definition) is 0. The summed E-state index contributed by atoms with van der Waals surface area (Å²) in [7, 11) is -3.85. The monoisotopic (exact) mass is 660 g/mol. The van der Waals surface area contributed by atoms with Crippen LogP contribution in [0.5, 0.6) is 0 Å². The van der Waals surface area contributed by atoms with Crippen molar-refractivity contribution in [2.45, 2.75) is 175 Å². The van der Waals surface area contributed by atoms with Crippen molar-refractivity contribution in [2.24, 2.45) is 23.7 Å². The zero-order valence-corrected chi connectivity index (χ0v) is 34.0. The highest BCUT2D eigenvalue weighted by Crippen LogP contribution is 2.53. The molecule has 0 aliphatic heterocycles. The molecule has 0 amide bonds. The second kappa shape index (κ2) is 16.9. The molecule has 0 aromatic carbocycles. The first-order valence-electron chi connectivity index (χ1n) is 18.2. The van der Waals surface area contributed by atoms with Crippen LogP contribution in [0, 0.1) is 23.7 Å². The molecule has 2 saturated carbocycles. The first-order valence-corrected chi connectivity index (χ1v) is 24.0. The largest absolute Gasteiger partial charge is 0.466 e. The summed E-state index contributed by atoms with van der Waals surface area (Å²) in [5.74, 6) is 2.24. The van der Waals surface area contributed by atoms with Crippen LogP contribution in [0.1, 0.15) is 127 Å². The van der Waals surface area contributed by atoms with E-state index in [9.17, 15) is 4.79 Å². The Hall–Kier alpha value is -0.956. The van der Waals surface area contributed by atoms with Crippen molar-refractivity contribution in [3.63, 3.8) is 0 Å². The van der Waals surface area contributed by atoms with Gasteiger partial charge in [0.05, 0.1) is 18.8 Å². The van der Waals surface area contributed by atoms with Gasteiger partial charge in [-0.25, -0.2) is 0 Å². The van der Waals surface area contributed by atoms with Gasteiger partial charge in [0.15, 0.2) is 16.6 Å². The van der Waals surface area contributed by atoms with Crippen LogP contribution in [0.4, 0.5) is 0 Å². The Morgan fingerprint density at radius 2 is 1.62 bits per heavy atom. The zero-order valence-electron chi connectivity index (χ0n) is 32.0. The molecule has 4 nitrogen and oxygen atoms in total. The van der Waals surface area contributed by atoms with E-state index in [0.29, 0.717) is 36.7 Å². The number of rotatable bonds is 16. The zero-order chi connectivity index (χ0) is 34.2. The molecule has 260 valence electrons. The van der Waals surface area contributed by atoms with E-state index in [2.05, 4.69) is 113 Å². The van der Waals surface area contributed by atoms with Gasteiger partial charge in [-0.05, 0) is 126 Å². The van der Waals surface area contributed by atoms with Crippen molar-refractivity contribution in [2.75, 3.05) is 6.61 Å². The third kappa shape index (κ3) is 12.5. The maximum atomic E-state index is 11.8. The van der Waals surface area contributed by atoms with E-state index in [-0.39, 0.29) is 28.3 Å². The topological polar surface area (TPSA) is 44.8 Å². The lowest BCUT2D eigenvalue weighted by Gasteiger charge is -2.40. The quantitative estimate of drug-likeness (QED) is 0.0715. The summed E-state index contributed by atoms with van der Waals surface area (Å²) < 4.78 is 19.5. The molecule has 2 rings (SSSR count). The van der Waals surface area contributed by atoms with Crippen LogP contribution in [0.25, 0.3) is 0 Å². The number of ether oxygens (including phenoxy) is 1. The Labute approximate surface area is 281 Å². The predicted octanol–water partition coefficient (Wildman–Crippen LogP) is 11.8. The van der Waals surface area contributed by atoms with E-state index in [0.717, 1.165) is 38.5 Å². The molecule has 0 heterocycles. The van der Waals surface area contributed by atoms with Crippen molar-refractivity contribution in [1.82, 2.24) is 0 Å². The van der Waals surface area contributed by atoms with E-state index in [1.807, 2.05) is 6.92 Å². The van der Waals surface area contributed by atoms with Gasteiger partial charge in [-0.2, -0.15) is 0 Å². The minimum absolute atomic E-state index is 0.0734. The fourth-order valence-corrected chi connectivity index (χ4v) is 9.17. The average molecular weight is 661 g/mol. The van der Waals surface area contributed by atoms with Gasteiger partial charge < -0.3 is 13.6 Å². The Balaban J connectivity index is 2.31. The molecule has 2 aliphatic rings. The van der Waals surface area contributed by atoms with E-state index < -0.39 is 16.6 Å². The number of fused-ring (bicyclic) bond motifs is 1. The average Bonchev–Trinajstić information content (AvgIpc) is 3.40. The molecule has 0 aromatic heterocycles. The molecule has 45 heavy (non-hydrogen) atoms. The molecular formula is C39H72O4Si2. The second-order valence-corrected chi connectivity index (χ2v) is 27.1. The third-order valence-electron chi connectivity index (χ3n) is 11.3. The highest BCUT2D eigenvalue weighted by atomic mass is 28.4. The summed E-state index contributed by atoms with van der Waals surface area (Å²) in [5, 5.41) is 0.368. The summed E-state index contributed by atoms with van der Waals surface area (Å²) >= 11 is 0. The summed E-state index contributed by atoms with van der Waals surface area (Å²) in [6, 6.07) is 0. The minimum Gasteiger partial charge on any atom is -0.466 e. The fraction of sp³-hybridized carbons (Fsp3) is 0.821. The molecule has 2 fully saturated rings. The lowest BCUT2D eigenvalue weighted by molar-refractivity contribution is -0.143. The third-order valence-corrected chi connectivity index (χ3v) is 20.3. The molecule has 0 N–H and O–H groups in total. The van der Waals surface area contributed by atoms with Crippen molar-refractivity contribution < 1.29 is 18.4 Å². The lowest BCUT2D eigenvalue weighted by Crippen LogP contribution is -2.45. The van der Waals surface area contributed by atoms with Gasteiger partial charge in [-0.3, -0.25) is 4.79 Å². The normalized spacial score (nSPS) is 25.1. The standard InChI is InChI=1S/C39H72O4Si2/c1-15-41-37(40)22-17-16-21-31-26-32-28-36(43-45(13,14)39(8,9)10)34(35(32)27-31)24-23-33(42-44(11,12)38(5,6)7)25-30(4)20-18-19-29(2)3/h19,21,23-24,30,32-36H,15-18,20,22,25-28H2,1-14H3/b24-23?,31-21+/t30-,32+,33-,34+,35+,36-/m1/s1. The lowest BCUT2D eigenvalue weighted by atomic mass is 9.89. The summed E-state index contributed by atoms with van der Waals surface area (Å²) in [6.07, 6.45) is 19.5. The molecule has 0 bridgehead atoms. The van der Waals surface area contributed by atoms with Gasteiger partial charge in [0.25, 0.3) is 0 Å². The van der Waals surface area contributed by atoms with E-state index in [1.54, 1.807) is 5.57 Å².